The lowest BCUT2D eigenvalue weighted by Crippen LogP contribution is -2.46. The summed E-state index contributed by atoms with van der Waals surface area (Å²) in [7, 11) is 0. The molecule has 1 heterocycles. The molecule has 1 aliphatic heterocycles. The summed E-state index contributed by atoms with van der Waals surface area (Å²) in [5.74, 6) is -1.41. The Bertz CT molecular complexity index is 289. The molecule has 2 fully saturated rings. The number of carbonyl (C=O) groups excluding carboxylic acids is 1. The number of hydrogen-bond acceptors (Lipinski definition) is 1. The van der Waals surface area contributed by atoms with Crippen LogP contribution < -0.4 is 5.32 Å². The predicted molar refractivity (Wildman–Crippen MR) is 48.1 cm³/mol. The molecule has 0 aromatic carbocycles. The van der Waals surface area contributed by atoms with Crippen LogP contribution >= 0.6 is 0 Å². The van der Waals surface area contributed by atoms with Crippen molar-refractivity contribution in [2.75, 3.05) is 0 Å². The molecule has 0 radical (unpaired) electrons. The van der Waals surface area contributed by atoms with Crippen molar-refractivity contribution in [1.82, 2.24) is 5.32 Å². The monoisotopic (exact) mass is 221 g/mol. The number of alkyl halides is 3. The van der Waals surface area contributed by atoms with Crippen LogP contribution in [0.15, 0.2) is 0 Å². The fourth-order valence-electron chi connectivity index (χ4n) is 2.82. The van der Waals surface area contributed by atoms with Crippen LogP contribution in [0.1, 0.15) is 32.6 Å². The van der Waals surface area contributed by atoms with E-state index in [9.17, 15) is 18.0 Å². The minimum Gasteiger partial charge on any atom is -0.352 e. The first-order valence-corrected chi connectivity index (χ1v) is 5.25. The number of nitrogens with one attached hydrogen (secondary N) is 1. The zero-order valence-electron chi connectivity index (χ0n) is 8.53. The summed E-state index contributed by atoms with van der Waals surface area (Å²) < 4.78 is 38.7. The summed E-state index contributed by atoms with van der Waals surface area (Å²) in [6, 6.07) is -0.266. The maximum absolute atomic E-state index is 12.9. The molecule has 2 nitrogen and oxygen atoms in total. The van der Waals surface area contributed by atoms with Crippen molar-refractivity contribution >= 4 is 5.91 Å². The van der Waals surface area contributed by atoms with Gasteiger partial charge in [0.25, 0.3) is 0 Å². The Hall–Kier alpha value is -0.740. The summed E-state index contributed by atoms with van der Waals surface area (Å²) in [6.07, 6.45) is -1.55. The SMILES string of the molecule is CC1(C(F)(F)F)C(=O)NC2CCCCC21. The second-order valence-electron chi connectivity index (χ2n) is 4.67. The van der Waals surface area contributed by atoms with Gasteiger partial charge in [0.1, 0.15) is 5.41 Å². The van der Waals surface area contributed by atoms with Crippen molar-refractivity contribution in [2.24, 2.45) is 11.3 Å². The van der Waals surface area contributed by atoms with E-state index in [1.54, 1.807) is 0 Å². The minimum absolute atomic E-state index is 0.266. The normalized spacial score (nSPS) is 41.2. The van der Waals surface area contributed by atoms with Gasteiger partial charge in [-0.2, -0.15) is 13.2 Å². The Balaban J connectivity index is 2.34. The summed E-state index contributed by atoms with van der Waals surface area (Å²) in [5, 5.41) is 2.49. The van der Waals surface area contributed by atoms with Gasteiger partial charge in [-0.1, -0.05) is 12.8 Å². The number of hydrogen-bond donors (Lipinski definition) is 1. The molecule has 15 heavy (non-hydrogen) atoms. The Morgan fingerprint density at radius 2 is 1.93 bits per heavy atom. The molecule has 3 unspecified atom stereocenters. The summed E-state index contributed by atoms with van der Waals surface area (Å²) in [6.45, 7) is 1.04. The Morgan fingerprint density at radius 3 is 2.53 bits per heavy atom. The van der Waals surface area contributed by atoms with Gasteiger partial charge < -0.3 is 5.32 Å². The summed E-state index contributed by atoms with van der Waals surface area (Å²) >= 11 is 0. The van der Waals surface area contributed by atoms with Crippen LogP contribution in [0.3, 0.4) is 0 Å². The van der Waals surface area contributed by atoms with E-state index in [-0.39, 0.29) is 6.04 Å². The van der Waals surface area contributed by atoms with Crippen LogP contribution in [0.5, 0.6) is 0 Å². The highest BCUT2D eigenvalue weighted by molar-refractivity contribution is 5.86. The fourth-order valence-corrected chi connectivity index (χ4v) is 2.82. The van der Waals surface area contributed by atoms with Crippen molar-refractivity contribution in [3.05, 3.63) is 0 Å². The lowest BCUT2D eigenvalue weighted by Gasteiger charge is -2.34. The fraction of sp³-hybridized carbons (Fsp3) is 0.900. The average Bonchev–Trinajstić information content (AvgIpc) is 2.40. The minimum atomic E-state index is -4.44. The van der Waals surface area contributed by atoms with Crippen molar-refractivity contribution in [3.63, 3.8) is 0 Å². The molecule has 3 atom stereocenters. The third-order valence-corrected chi connectivity index (χ3v) is 3.88. The Morgan fingerprint density at radius 1 is 1.33 bits per heavy atom. The maximum Gasteiger partial charge on any atom is 0.403 e. The molecule has 0 aromatic rings. The molecular formula is C10H14F3NO. The van der Waals surface area contributed by atoms with Gasteiger partial charge in [-0.25, -0.2) is 0 Å². The first kappa shape index (κ1) is 10.8. The summed E-state index contributed by atoms with van der Waals surface area (Å²) in [4.78, 5) is 11.5. The third kappa shape index (κ3) is 1.35. The van der Waals surface area contributed by atoms with Crippen LogP contribution in [-0.2, 0) is 4.79 Å². The first-order valence-electron chi connectivity index (χ1n) is 5.25. The van der Waals surface area contributed by atoms with E-state index >= 15 is 0 Å². The molecule has 5 heteroatoms. The molecule has 1 saturated carbocycles. The maximum atomic E-state index is 12.9. The molecule has 1 N–H and O–H groups in total. The van der Waals surface area contributed by atoms with Crippen LogP contribution in [0.25, 0.3) is 0 Å². The number of fused-ring (bicyclic) bond motifs is 1. The lowest BCUT2D eigenvalue weighted by molar-refractivity contribution is -0.226. The van der Waals surface area contributed by atoms with Crippen LogP contribution in [-0.4, -0.2) is 18.1 Å². The lowest BCUT2D eigenvalue weighted by atomic mass is 9.70. The Kier molecular flexibility index (Phi) is 2.24. The van der Waals surface area contributed by atoms with E-state index in [2.05, 4.69) is 5.32 Å². The highest BCUT2D eigenvalue weighted by Gasteiger charge is 2.66. The quantitative estimate of drug-likeness (QED) is 0.667. The van der Waals surface area contributed by atoms with Gasteiger partial charge in [0, 0.05) is 12.0 Å². The number of amides is 1. The van der Waals surface area contributed by atoms with E-state index in [1.165, 1.54) is 0 Å². The van der Waals surface area contributed by atoms with E-state index < -0.39 is 23.4 Å². The smallest absolute Gasteiger partial charge is 0.352 e. The topological polar surface area (TPSA) is 29.1 Å². The van der Waals surface area contributed by atoms with E-state index in [0.29, 0.717) is 12.8 Å². The van der Waals surface area contributed by atoms with Crippen molar-refractivity contribution in [1.29, 1.82) is 0 Å². The summed E-state index contributed by atoms with van der Waals surface area (Å²) in [5.41, 5.74) is -2.17. The highest BCUT2D eigenvalue weighted by atomic mass is 19.4. The third-order valence-electron chi connectivity index (χ3n) is 3.88. The molecule has 1 aliphatic carbocycles. The molecule has 1 saturated heterocycles. The van der Waals surface area contributed by atoms with E-state index in [1.807, 2.05) is 0 Å². The van der Waals surface area contributed by atoms with Gasteiger partial charge in [0.05, 0.1) is 0 Å². The first-order chi connectivity index (χ1) is 6.87. The van der Waals surface area contributed by atoms with Crippen molar-refractivity contribution in [2.45, 2.75) is 44.8 Å². The zero-order valence-corrected chi connectivity index (χ0v) is 8.53. The molecule has 1 amide bonds. The molecule has 2 aliphatic rings. The number of halogens is 3. The van der Waals surface area contributed by atoms with Gasteiger partial charge in [0.2, 0.25) is 5.91 Å². The second kappa shape index (κ2) is 3.12. The molecule has 0 bridgehead atoms. The average molecular weight is 221 g/mol. The molecule has 86 valence electrons. The van der Waals surface area contributed by atoms with Crippen LogP contribution in [0.2, 0.25) is 0 Å². The van der Waals surface area contributed by atoms with Gasteiger partial charge in [-0.15, -0.1) is 0 Å². The van der Waals surface area contributed by atoms with Gasteiger partial charge in [-0.05, 0) is 19.8 Å². The standard InChI is InChI=1S/C10H14F3NO/c1-9(10(11,12)13)6-4-2-3-5-7(6)14-8(9)15/h6-7H,2-5H2,1H3,(H,14,15). The van der Waals surface area contributed by atoms with Crippen molar-refractivity contribution < 1.29 is 18.0 Å². The molecule has 2 rings (SSSR count). The van der Waals surface area contributed by atoms with E-state index in [4.69, 9.17) is 0 Å². The zero-order chi connectivity index (χ0) is 11.3. The van der Waals surface area contributed by atoms with Crippen molar-refractivity contribution in [3.8, 4) is 0 Å². The molecule has 0 spiro atoms. The van der Waals surface area contributed by atoms with E-state index in [0.717, 1.165) is 19.8 Å². The number of rotatable bonds is 0. The van der Waals surface area contributed by atoms with Gasteiger partial charge in [0.15, 0.2) is 0 Å². The molecule has 0 aromatic heterocycles. The Labute approximate surface area is 86.2 Å². The van der Waals surface area contributed by atoms with Gasteiger partial charge in [-0.3, -0.25) is 4.79 Å². The highest BCUT2D eigenvalue weighted by Crippen LogP contribution is 2.52. The second-order valence-corrected chi connectivity index (χ2v) is 4.67. The van der Waals surface area contributed by atoms with Crippen LogP contribution in [0.4, 0.5) is 13.2 Å². The van der Waals surface area contributed by atoms with Crippen LogP contribution in [0, 0.1) is 11.3 Å². The number of carbonyl (C=O) groups is 1. The predicted octanol–water partition coefficient (Wildman–Crippen LogP) is 2.24. The molecular weight excluding hydrogens is 207 g/mol. The largest absolute Gasteiger partial charge is 0.403 e. The van der Waals surface area contributed by atoms with Gasteiger partial charge >= 0.3 is 6.18 Å².